The molecular weight excluding hydrogens is 457 g/mol. The van der Waals surface area contributed by atoms with Crippen LogP contribution in [0.15, 0.2) is 47.4 Å². The van der Waals surface area contributed by atoms with E-state index in [1.54, 1.807) is 17.9 Å². The molecule has 0 unspecified atom stereocenters. The predicted molar refractivity (Wildman–Crippen MR) is 115 cm³/mol. The lowest BCUT2D eigenvalue weighted by Gasteiger charge is -2.30. The third-order valence-electron chi connectivity index (χ3n) is 5.89. The summed E-state index contributed by atoms with van der Waals surface area (Å²) in [5.74, 6) is -0.323. The lowest BCUT2D eigenvalue weighted by Crippen LogP contribution is -2.36. The number of alkyl halides is 3. The number of hydrogen-bond donors (Lipinski definition) is 1. The second-order valence-electron chi connectivity index (χ2n) is 8.50. The van der Waals surface area contributed by atoms with Crippen LogP contribution in [0.3, 0.4) is 0 Å². The fraction of sp³-hybridized carbons (Fsp3) is 0.435. The topological polar surface area (TPSA) is 75.7 Å². The van der Waals surface area contributed by atoms with Crippen molar-refractivity contribution in [2.75, 3.05) is 7.11 Å². The van der Waals surface area contributed by atoms with Crippen LogP contribution in [0.25, 0.3) is 0 Å². The molecule has 10 heteroatoms. The van der Waals surface area contributed by atoms with Crippen LogP contribution in [0.4, 0.5) is 13.2 Å². The minimum absolute atomic E-state index is 0.114. The summed E-state index contributed by atoms with van der Waals surface area (Å²) >= 11 is 0. The number of nitrogens with zero attached hydrogens (tertiary/aromatic N) is 1. The predicted octanol–water partition coefficient (Wildman–Crippen LogP) is 4.52. The van der Waals surface area contributed by atoms with E-state index in [0.29, 0.717) is 5.56 Å². The van der Waals surface area contributed by atoms with Gasteiger partial charge in [0.05, 0.1) is 18.7 Å². The van der Waals surface area contributed by atoms with Crippen LogP contribution in [-0.2, 0) is 16.2 Å². The molecule has 1 atom stereocenters. The van der Waals surface area contributed by atoms with E-state index in [-0.39, 0.29) is 28.3 Å². The number of amides is 1. The van der Waals surface area contributed by atoms with Gasteiger partial charge in [-0.25, -0.2) is 13.1 Å². The highest BCUT2D eigenvalue weighted by Gasteiger charge is 2.38. The summed E-state index contributed by atoms with van der Waals surface area (Å²) in [5.41, 5.74) is -0.279. The summed E-state index contributed by atoms with van der Waals surface area (Å²) in [6.45, 7) is 1.68. The summed E-state index contributed by atoms with van der Waals surface area (Å²) < 4.78 is 73.0. The molecule has 1 amide bonds. The molecule has 178 valence electrons. The van der Waals surface area contributed by atoms with Crippen molar-refractivity contribution < 1.29 is 31.1 Å². The first-order chi connectivity index (χ1) is 15.5. The zero-order chi connectivity index (χ0) is 24.0. The van der Waals surface area contributed by atoms with Crippen molar-refractivity contribution in [2.24, 2.45) is 0 Å². The standard InChI is InChI=1S/C23H25F3N2O4S/c1-14(15-4-3-5-17(12-15)23(24,25)26)28(19-9-10-19)22(29)16-6-11-20(32-2)21(13-16)33(30,31)27-18-7-8-18/h3-6,11-14,18-19,27H,7-10H2,1-2H3/t14-/m0/s1. The maximum Gasteiger partial charge on any atom is 0.416 e. The van der Waals surface area contributed by atoms with Gasteiger partial charge in [-0.3, -0.25) is 4.79 Å². The number of carbonyl (C=O) groups excluding carboxylic acids is 1. The maximum atomic E-state index is 13.5. The highest BCUT2D eigenvalue weighted by atomic mass is 32.2. The molecule has 2 aliphatic carbocycles. The molecule has 2 aromatic rings. The molecule has 2 aromatic carbocycles. The molecule has 33 heavy (non-hydrogen) atoms. The molecule has 2 saturated carbocycles. The van der Waals surface area contributed by atoms with Crippen LogP contribution in [0, 0.1) is 0 Å². The number of methoxy groups -OCH3 is 1. The quantitative estimate of drug-likeness (QED) is 0.600. The van der Waals surface area contributed by atoms with Crippen LogP contribution >= 0.6 is 0 Å². The van der Waals surface area contributed by atoms with Crippen molar-refractivity contribution in [3.63, 3.8) is 0 Å². The second-order valence-corrected chi connectivity index (χ2v) is 10.2. The molecule has 0 heterocycles. The Labute approximate surface area is 190 Å². The largest absolute Gasteiger partial charge is 0.495 e. The van der Waals surface area contributed by atoms with Crippen LogP contribution < -0.4 is 9.46 Å². The molecule has 6 nitrogen and oxygen atoms in total. The summed E-state index contributed by atoms with van der Waals surface area (Å²) in [6.07, 6.45) is -1.51. The van der Waals surface area contributed by atoms with E-state index in [9.17, 15) is 26.4 Å². The first kappa shape index (κ1) is 23.6. The van der Waals surface area contributed by atoms with Crippen LogP contribution in [0.1, 0.15) is 60.1 Å². The Morgan fingerprint density at radius 2 is 1.82 bits per heavy atom. The first-order valence-corrected chi connectivity index (χ1v) is 12.2. The number of benzene rings is 2. The number of sulfonamides is 1. The third kappa shape index (κ3) is 5.16. The minimum atomic E-state index is -4.49. The van der Waals surface area contributed by atoms with Gasteiger partial charge in [-0.1, -0.05) is 12.1 Å². The van der Waals surface area contributed by atoms with Gasteiger partial charge in [0.25, 0.3) is 5.91 Å². The normalized spacial score (nSPS) is 17.5. The Hall–Kier alpha value is -2.59. The monoisotopic (exact) mass is 482 g/mol. The summed E-state index contributed by atoms with van der Waals surface area (Å²) in [5, 5.41) is 0. The summed E-state index contributed by atoms with van der Waals surface area (Å²) in [4.78, 5) is 14.9. The number of halogens is 3. The summed E-state index contributed by atoms with van der Waals surface area (Å²) in [7, 11) is -2.54. The third-order valence-corrected chi connectivity index (χ3v) is 7.43. The zero-order valence-corrected chi connectivity index (χ0v) is 19.0. The molecule has 0 aliphatic heterocycles. The molecule has 1 N–H and O–H groups in total. The Morgan fingerprint density at radius 1 is 1.12 bits per heavy atom. The van der Waals surface area contributed by atoms with Gasteiger partial charge in [-0.2, -0.15) is 13.2 Å². The van der Waals surface area contributed by atoms with Crippen LogP contribution in [0.2, 0.25) is 0 Å². The van der Waals surface area contributed by atoms with Gasteiger partial charge >= 0.3 is 6.18 Å². The average molecular weight is 483 g/mol. The minimum Gasteiger partial charge on any atom is -0.495 e. The molecule has 0 aromatic heterocycles. The lowest BCUT2D eigenvalue weighted by atomic mass is 10.0. The van der Waals surface area contributed by atoms with Gasteiger partial charge < -0.3 is 9.64 Å². The van der Waals surface area contributed by atoms with Gasteiger partial charge in [0.2, 0.25) is 10.0 Å². The molecule has 0 radical (unpaired) electrons. The summed E-state index contributed by atoms with van der Waals surface area (Å²) in [6, 6.07) is 8.25. The number of carbonyl (C=O) groups is 1. The molecule has 0 bridgehead atoms. The fourth-order valence-electron chi connectivity index (χ4n) is 3.80. The maximum absolute atomic E-state index is 13.5. The van der Waals surface area contributed by atoms with Gasteiger partial charge in [0.1, 0.15) is 10.6 Å². The first-order valence-electron chi connectivity index (χ1n) is 10.7. The highest BCUT2D eigenvalue weighted by molar-refractivity contribution is 7.89. The lowest BCUT2D eigenvalue weighted by molar-refractivity contribution is -0.137. The fourth-order valence-corrected chi connectivity index (χ4v) is 5.30. The van der Waals surface area contributed by atoms with Crippen molar-refractivity contribution in [2.45, 2.75) is 61.8 Å². The van der Waals surface area contributed by atoms with Crippen LogP contribution in [-0.4, -0.2) is 38.4 Å². The van der Waals surface area contributed by atoms with Gasteiger partial charge in [-0.15, -0.1) is 0 Å². The zero-order valence-electron chi connectivity index (χ0n) is 18.2. The van der Waals surface area contributed by atoms with E-state index in [1.807, 2.05) is 0 Å². The van der Waals surface area contributed by atoms with Crippen molar-refractivity contribution in [3.05, 3.63) is 59.2 Å². The molecule has 0 spiro atoms. The number of ether oxygens (including phenoxy) is 1. The van der Waals surface area contributed by atoms with E-state index < -0.39 is 33.7 Å². The SMILES string of the molecule is COc1ccc(C(=O)N(C2CC2)[C@@H](C)c2cccc(C(F)(F)F)c2)cc1S(=O)(=O)NC1CC1. The number of nitrogens with one attached hydrogen (secondary N) is 1. The smallest absolute Gasteiger partial charge is 0.416 e. The molecule has 0 saturated heterocycles. The number of rotatable bonds is 8. The van der Waals surface area contributed by atoms with Crippen molar-refractivity contribution in [3.8, 4) is 5.75 Å². The van der Waals surface area contributed by atoms with Gasteiger partial charge in [-0.05, 0) is 68.5 Å². The number of hydrogen-bond acceptors (Lipinski definition) is 4. The van der Waals surface area contributed by atoms with E-state index >= 15 is 0 Å². The molecule has 4 rings (SSSR count). The Kier molecular flexibility index (Phi) is 6.17. The van der Waals surface area contributed by atoms with Crippen LogP contribution in [0.5, 0.6) is 5.75 Å². The van der Waals surface area contributed by atoms with Gasteiger partial charge in [0.15, 0.2) is 0 Å². The van der Waals surface area contributed by atoms with Gasteiger partial charge in [0, 0.05) is 17.6 Å². The van der Waals surface area contributed by atoms with Crippen molar-refractivity contribution in [1.29, 1.82) is 0 Å². The Bertz CT molecular complexity index is 1160. The van der Waals surface area contributed by atoms with Crippen molar-refractivity contribution in [1.82, 2.24) is 9.62 Å². The van der Waals surface area contributed by atoms with Crippen molar-refractivity contribution >= 4 is 15.9 Å². The van der Waals surface area contributed by atoms with E-state index in [4.69, 9.17) is 4.74 Å². The molecule has 2 fully saturated rings. The van der Waals surface area contributed by atoms with E-state index in [2.05, 4.69) is 4.72 Å². The average Bonchev–Trinajstić information content (AvgIpc) is 3.69. The van der Waals surface area contributed by atoms with E-state index in [1.165, 1.54) is 31.4 Å². The Morgan fingerprint density at radius 3 is 2.39 bits per heavy atom. The second kappa shape index (κ2) is 8.64. The van der Waals surface area contributed by atoms with E-state index in [0.717, 1.165) is 37.8 Å². The molecule has 2 aliphatic rings. The molecular formula is C23H25F3N2O4S. The highest BCUT2D eigenvalue weighted by Crippen LogP contribution is 2.38. The Balaban J connectivity index is 1.67.